The van der Waals surface area contributed by atoms with E-state index in [4.69, 9.17) is 0 Å². The zero-order chi connectivity index (χ0) is 11.2. The lowest BCUT2D eigenvalue weighted by Gasteiger charge is -2.28. The van der Waals surface area contributed by atoms with E-state index in [9.17, 15) is 5.11 Å². The maximum Gasteiger partial charge on any atom is 0.0730 e. The van der Waals surface area contributed by atoms with Gasteiger partial charge in [-0.1, -0.05) is 24.3 Å². The van der Waals surface area contributed by atoms with Crippen LogP contribution in [0.15, 0.2) is 36.5 Å². The Balaban J connectivity index is 2.21. The van der Waals surface area contributed by atoms with Gasteiger partial charge in [-0.05, 0) is 30.5 Å². The third kappa shape index (κ3) is 1.09. The second-order valence-corrected chi connectivity index (χ2v) is 4.55. The van der Waals surface area contributed by atoms with Crippen LogP contribution in [0, 0.1) is 0 Å². The van der Waals surface area contributed by atoms with Gasteiger partial charge in [0.05, 0.1) is 11.5 Å². The molecule has 0 fully saturated rings. The van der Waals surface area contributed by atoms with Gasteiger partial charge >= 0.3 is 0 Å². The lowest BCUT2D eigenvalue weighted by molar-refractivity contribution is 0.124. The van der Waals surface area contributed by atoms with Crippen molar-refractivity contribution in [2.45, 2.75) is 24.9 Å². The zero-order valence-corrected chi connectivity index (χ0v) is 9.14. The Morgan fingerprint density at radius 2 is 2.19 bits per heavy atom. The summed E-state index contributed by atoms with van der Waals surface area (Å²) in [5, 5.41) is 17.3. The van der Waals surface area contributed by atoms with E-state index in [0.717, 1.165) is 5.69 Å². The second-order valence-electron chi connectivity index (χ2n) is 4.55. The van der Waals surface area contributed by atoms with Crippen LogP contribution in [-0.2, 0) is 11.8 Å². The molecule has 0 amide bonds. The molecule has 0 saturated heterocycles. The van der Waals surface area contributed by atoms with E-state index >= 15 is 0 Å². The summed E-state index contributed by atoms with van der Waals surface area (Å²) in [6, 6.07) is 10.1. The Kier molecular flexibility index (Phi) is 1.91. The number of rotatable bonds is 1. The van der Waals surface area contributed by atoms with Crippen molar-refractivity contribution >= 4 is 0 Å². The van der Waals surface area contributed by atoms with E-state index < -0.39 is 0 Å². The molecule has 0 spiro atoms. The molecule has 0 aliphatic heterocycles. The molecule has 2 atom stereocenters. The number of hydrogen-bond acceptors (Lipinski definition) is 2. The summed E-state index contributed by atoms with van der Waals surface area (Å²) >= 11 is 0. The van der Waals surface area contributed by atoms with Gasteiger partial charge in [-0.15, -0.1) is 0 Å². The van der Waals surface area contributed by atoms with Crippen molar-refractivity contribution in [1.29, 1.82) is 0 Å². The molecule has 3 rings (SSSR count). The van der Waals surface area contributed by atoms with Gasteiger partial charge in [0, 0.05) is 11.9 Å². The lowest BCUT2D eigenvalue weighted by atomic mass is 9.79. The first-order chi connectivity index (χ1) is 7.73. The summed E-state index contributed by atoms with van der Waals surface area (Å²) in [5.74, 6) is 0. The van der Waals surface area contributed by atoms with E-state index in [1.54, 1.807) is 6.20 Å². The Bertz CT molecular complexity index is 506. The molecule has 1 heterocycles. The summed E-state index contributed by atoms with van der Waals surface area (Å²) in [4.78, 5) is 0. The standard InChI is InChI=1S/C13H14N2O/c1-13(11-6-7-14-15-11)10-5-3-2-4-9(10)8-12(13)16/h2-7,12,16H,8H2,1H3,(H,14,15). The molecule has 1 aromatic carbocycles. The van der Waals surface area contributed by atoms with Gasteiger partial charge in [0.1, 0.15) is 0 Å². The van der Waals surface area contributed by atoms with Gasteiger partial charge in [-0.3, -0.25) is 5.10 Å². The summed E-state index contributed by atoms with van der Waals surface area (Å²) < 4.78 is 0. The molecule has 1 aliphatic carbocycles. The van der Waals surface area contributed by atoms with E-state index in [1.165, 1.54) is 11.1 Å². The third-order valence-corrected chi connectivity index (χ3v) is 3.72. The quantitative estimate of drug-likeness (QED) is 0.758. The average Bonchev–Trinajstić information content (AvgIpc) is 2.89. The van der Waals surface area contributed by atoms with E-state index in [0.29, 0.717) is 6.42 Å². The van der Waals surface area contributed by atoms with Gasteiger partial charge in [-0.25, -0.2) is 0 Å². The fourth-order valence-electron chi connectivity index (χ4n) is 2.67. The predicted molar refractivity (Wildman–Crippen MR) is 61.2 cm³/mol. The SMILES string of the molecule is CC1(c2ccn[nH]2)c2ccccc2CC1O. The van der Waals surface area contributed by atoms with E-state index in [2.05, 4.69) is 29.3 Å². The van der Waals surface area contributed by atoms with E-state index in [-0.39, 0.29) is 11.5 Å². The fourth-order valence-corrected chi connectivity index (χ4v) is 2.67. The summed E-state index contributed by atoms with van der Waals surface area (Å²) in [5.41, 5.74) is 3.05. The molecule has 1 aromatic heterocycles. The largest absolute Gasteiger partial charge is 0.391 e. The van der Waals surface area contributed by atoms with Gasteiger partial charge in [0.2, 0.25) is 0 Å². The van der Waals surface area contributed by atoms with Crippen LogP contribution >= 0.6 is 0 Å². The molecular weight excluding hydrogens is 200 g/mol. The van der Waals surface area contributed by atoms with Crippen LogP contribution in [0.1, 0.15) is 23.7 Å². The number of aliphatic hydroxyl groups is 1. The van der Waals surface area contributed by atoms with Crippen LogP contribution in [0.2, 0.25) is 0 Å². The molecule has 3 nitrogen and oxygen atoms in total. The van der Waals surface area contributed by atoms with Gasteiger partial charge < -0.3 is 5.11 Å². The van der Waals surface area contributed by atoms with Crippen LogP contribution < -0.4 is 0 Å². The maximum atomic E-state index is 10.3. The van der Waals surface area contributed by atoms with Crippen LogP contribution in [0.25, 0.3) is 0 Å². The van der Waals surface area contributed by atoms with Crippen molar-refractivity contribution in [3.8, 4) is 0 Å². The van der Waals surface area contributed by atoms with E-state index in [1.807, 2.05) is 18.2 Å². The van der Waals surface area contributed by atoms with Crippen LogP contribution in [0.4, 0.5) is 0 Å². The number of fused-ring (bicyclic) bond motifs is 1. The predicted octanol–water partition coefficient (Wildman–Crippen LogP) is 1.63. The van der Waals surface area contributed by atoms with Crippen molar-refractivity contribution in [3.63, 3.8) is 0 Å². The van der Waals surface area contributed by atoms with Gasteiger partial charge in [0.25, 0.3) is 0 Å². The highest BCUT2D eigenvalue weighted by Crippen LogP contribution is 2.42. The minimum atomic E-state index is -0.384. The molecule has 0 bridgehead atoms. The van der Waals surface area contributed by atoms with Crippen molar-refractivity contribution < 1.29 is 5.11 Å². The Labute approximate surface area is 94.1 Å². The monoisotopic (exact) mass is 214 g/mol. The number of aromatic nitrogens is 2. The number of nitrogens with zero attached hydrogens (tertiary/aromatic N) is 1. The van der Waals surface area contributed by atoms with Crippen molar-refractivity contribution in [3.05, 3.63) is 53.3 Å². The topological polar surface area (TPSA) is 48.9 Å². The van der Waals surface area contributed by atoms with Crippen LogP contribution in [0.5, 0.6) is 0 Å². The zero-order valence-electron chi connectivity index (χ0n) is 9.14. The minimum absolute atomic E-state index is 0.354. The summed E-state index contributed by atoms with van der Waals surface area (Å²) in [6.07, 6.45) is 2.06. The van der Waals surface area contributed by atoms with Crippen molar-refractivity contribution in [2.24, 2.45) is 0 Å². The van der Waals surface area contributed by atoms with Gasteiger partial charge in [-0.2, -0.15) is 5.10 Å². The van der Waals surface area contributed by atoms with Crippen molar-refractivity contribution in [1.82, 2.24) is 10.2 Å². The number of hydrogen-bond donors (Lipinski definition) is 2. The molecule has 16 heavy (non-hydrogen) atoms. The molecule has 3 heteroatoms. The minimum Gasteiger partial charge on any atom is -0.391 e. The Morgan fingerprint density at radius 1 is 1.38 bits per heavy atom. The smallest absolute Gasteiger partial charge is 0.0730 e. The van der Waals surface area contributed by atoms with Crippen LogP contribution in [-0.4, -0.2) is 21.4 Å². The Hall–Kier alpha value is -1.61. The van der Waals surface area contributed by atoms with Crippen molar-refractivity contribution in [2.75, 3.05) is 0 Å². The first-order valence-electron chi connectivity index (χ1n) is 5.49. The fraction of sp³-hybridized carbons (Fsp3) is 0.308. The average molecular weight is 214 g/mol. The molecular formula is C13H14N2O. The molecule has 0 radical (unpaired) electrons. The molecule has 2 N–H and O–H groups in total. The highest BCUT2D eigenvalue weighted by atomic mass is 16.3. The highest BCUT2D eigenvalue weighted by molar-refractivity contribution is 5.47. The normalized spacial score (nSPS) is 28.0. The number of benzene rings is 1. The van der Waals surface area contributed by atoms with Gasteiger partial charge in [0.15, 0.2) is 0 Å². The molecule has 2 aromatic rings. The first kappa shape index (κ1) is 9.60. The first-order valence-corrected chi connectivity index (χ1v) is 5.49. The molecule has 2 unspecified atom stereocenters. The maximum absolute atomic E-state index is 10.3. The Morgan fingerprint density at radius 3 is 2.94 bits per heavy atom. The molecule has 0 saturated carbocycles. The summed E-state index contributed by atoms with van der Waals surface area (Å²) in [6.45, 7) is 2.07. The number of H-pyrrole nitrogens is 1. The summed E-state index contributed by atoms with van der Waals surface area (Å²) in [7, 11) is 0. The third-order valence-electron chi connectivity index (χ3n) is 3.72. The number of nitrogens with one attached hydrogen (secondary N) is 1. The number of aliphatic hydroxyl groups excluding tert-OH is 1. The lowest BCUT2D eigenvalue weighted by Crippen LogP contribution is -2.34. The second kappa shape index (κ2) is 3.19. The molecule has 82 valence electrons. The highest BCUT2D eigenvalue weighted by Gasteiger charge is 2.44. The molecule has 1 aliphatic rings. The van der Waals surface area contributed by atoms with Crippen LogP contribution in [0.3, 0.4) is 0 Å². The number of aromatic amines is 1.